The molecular formula is C25H30FN3O3. The van der Waals surface area contributed by atoms with Gasteiger partial charge in [0.25, 0.3) is 0 Å². The third kappa shape index (κ3) is 4.78. The van der Waals surface area contributed by atoms with Gasteiger partial charge in [-0.05, 0) is 61.1 Å². The first kappa shape index (κ1) is 22.3. The average Bonchev–Trinajstić information content (AvgIpc) is 3.62. The van der Waals surface area contributed by atoms with Gasteiger partial charge in [0, 0.05) is 25.6 Å². The number of nitrogens with one attached hydrogen (secondary N) is 1. The first-order valence-electron chi connectivity index (χ1n) is 11.2. The highest BCUT2D eigenvalue weighted by Crippen LogP contribution is 2.48. The van der Waals surface area contributed by atoms with Crippen LogP contribution < -0.4 is 15.8 Å². The van der Waals surface area contributed by atoms with Crippen molar-refractivity contribution in [3.63, 3.8) is 0 Å². The lowest BCUT2D eigenvalue weighted by Gasteiger charge is -2.33. The molecule has 6 nitrogen and oxygen atoms in total. The molecule has 0 radical (unpaired) electrons. The van der Waals surface area contributed by atoms with Crippen LogP contribution in [0.5, 0.6) is 5.75 Å². The Labute approximate surface area is 187 Å². The normalized spacial score (nSPS) is 18.7. The molecule has 1 aliphatic carbocycles. The fraction of sp³-hybridized carbons (Fsp3) is 0.440. The van der Waals surface area contributed by atoms with Gasteiger partial charge in [-0.25, -0.2) is 4.39 Å². The quantitative estimate of drug-likeness (QED) is 0.695. The Morgan fingerprint density at radius 2 is 1.75 bits per heavy atom. The van der Waals surface area contributed by atoms with E-state index in [9.17, 15) is 14.0 Å². The number of carbonyl (C=O) groups is 2. The largest absolute Gasteiger partial charge is 0.497 e. The number of piperidine rings is 1. The van der Waals surface area contributed by atoms with Gasteiger partial charge < -0.3 is 20.7 Å². The summed E-state index contributed by atoms with van der Waals surface area (Å²) in [6.07, 6.45) is 3.28. The monoisotopic (exact) mass is 439 g/mol. The van der Waals surface area contributed by atoms with Crippen molar-refractivity contribution < 1.29 is 18.7 Å². The Hall–Kier alpha value is -2.93. The van der Waals surface area contributed by atoms with Gasteiger partial charge in [0.1, 0.15) is 17.6 Å². The van der Waals surface area contributed by atoms with E-state index in [0.717, 1.165) is 42.6 Å². The van der Waals surface area contributed by atoms with E-state index in [0.29, 0.717) is 19.5 Å². The molecule has 1 aliphatic heterocycles. The Morgan fingerprint density at radius 3 is 2.31 bits per heavy atom. The second-order valence-corrected chi connectivity index (χ2v) is 8.83. The standard InChI is InChI=1S/C25H30FN3O3/c1-32-21-8-4-18(5-9-21)25(12-13-25)24(31)28-22(16-17-2-6-19(26)7-3-17)23(30)29-14-10-20(27)11-15-29/h2-9,20,22H,10-16,27H2,1H3,(H,28,31)/t22-/m0/s1. The lowest BCUT2D eigenvalue weighted by Crippen LogP contribution is -2.54. The number of nitrogens with zero attached hydrogens (tertiary/aromatic N) is 1. The van der Waals surface area contributed by atoms with Crippen LogP contribution in [-0.2, 0) is 21.4 Å². The molecule has 7 heteroatoms. The number of halogens is 1. The van der Waals surface area contributed by atoms with Gasteiger partial charge in [0.2, 0.25) is 11.8 Å². The lowest BCUT2D eigenvalue weighted by molar-refractivity contribution is -0.137. The summed E-state index contributed by atoms with van der Waals surface area (Å²) in [6.45, 7) is 1.17. The molecule has 1 saturated heterocycles. The minimum absolute atomic E-state index is 0.106. The Balaban J connectivity index is 1.52. The van der Waals surface area contributed by atoms with Crippen molar-refractivity contribution in [1.82, 2.24) is 10.2 Å². The topological polar surface area (TPSA) is 84.7 Å². The van der Waals surface area contributed by atoms with Gasteiger partial charge in [-0.2, -0.15) is 0 Å². The highest BCUT2D eigenvalue weighted by Gasteiger charge is 2.52. The zero-order valence-corrected chi connectivity index (χ0v) is 18.4. The Morgan fingerprint density at radius 1 is 1.12 bits per heavy atom. The maximum atomic E-state index is 13.4. The van der Waals surface area contributed by atoms with Crippen LogP contribution in [0, 0.1) is 5.82 Å². The molecule has 1 atom stereocenters. The number of nitrogens with two attached hydrogens (primary N) is 1. The van der Waals surface area contributed by atoms with Crippen LogP contribution in [0.15, 0.2) is 48.5 Å². The number of likely N-dealkylation sites (tertiary alicyclic amines) is 1. The maximum absolute atomic E-state index is 13.4. The number of methoxy groups -OCH3 is 1. The third-order valence-corrected chi connectivity index (χ3v) is 6.64. The zero-order valence-electron chi connectivity index (χ0n) is 18.4. The molecular weight excluding hydrogens is 409 g/mol. The summed E-state index contributed by atoms with van der Waals surface area (Å²) >= 11 is 0. The number of rotatable bonds is 7. The summed E-state index contributed by atoms with van der Waals surface area (Å²) in [5.74, 6) is 0.150. The van der Waals surface area contributed by atoms with Gasteiger partial charge in [0.15, 0.2) is 0 Å². The predicted octanol–water partition coefficient (Wildman–Crippen LogP) is 2.54. The molecule has 2 aromatic carbocycles. The molecule has 0 unspecified atom stereocenters. The first-order valence-corrected chi connectivity index (χ1v) is 11.2. The fourth-order valence-corrected chi connectivity index (χ4v) is 4.37. The summed E-state index contributed by atoms with van der Waals surface area (Å²) in [5, 5.41) is 3.03. The summed E-state index contributed by atoms with van der Waals surface area (Å²) in [6, 6.07) is 13.0. The number of hydrogen-bond acceptors (Lipinski definition) is 4. The van der Waals surface area contributed by atoms with Crippen molar-refractivity contribution in [2.24, 2.45) is 5.73 Å². The zero-order chi connectivity index (χ0) is 22.7. The van der Waals surface area contributed by atoms with Crippen LogP contribution >= 0.6 is 0 Å². The lowest BCUT2D eigenvalue weighted by atomic mass is 9.93. The second kappa shape index (κ2) is 9.28. The van der Waals surface area contributed by atoms with Crippen LogP contribution in [0.3, 0.4) is 0 Å². The van der Waals surface area contributed by atoms with E-state index in [1.54, 1.807) is 24.1 Å². The maximum Gasteiger partial charge on any atom is 0.245 e. The highest BCUT2D eigenvalue weighted by atomic mass is 19.1. The van der Waals surface area contributed by atoms with Crippen molar-refractivity contribution >= 4 is 11.8 Å². The number of benzene rings is 2. The molecule has 170 valence electrons. The van der Waals surface area contributed by atoms with Crippen LogP contribution in [0.2, 0.25) is 0 Å². The second-order valence-electron chi connectivity index (χ2n) is 8.83. The summed E-state index contributed by atoms with van der Waals surface area (Å²) in [5.41, 5.74) is 7.10. The average molecular weight is 440 g/mol. The molecule has 2 aliphatic rings. The smallest absolute Gasteiger partial charge is 0.245 e. The summed E-state index contributed by atoms with van der Waals surface area (Å²) < 4.78 is 18.6. The van der Waals surface area contributed by atoms with Crippen molar-refractivity contribution in [1.29, 1.82) is 0 Å². The minimum atomic E-state index is -0.710. The molecule has 2 aromatic rings. The number of ether oxygens (including phenoxy) is 1. The van der Waals surface area contributed by atoms with E-state index in [4.69, 9.17) is 10.5 Å². The minimum Gasteiger partial charge on any atom is -0.497 e. The van der Waals surface area contributed by atoms with Crippen LogP contribution in [0.1, 0.15) is 36.8 Å². The SMILES string of the molecule is COc1ccc(C2(C(=O)N[C@@H](Cc3ccc(F)cc3)C(=O)N3CCC(N)CC3)CC2)cc1. The highest BCUT2D eigenvalue weighted by molar-refractivity contribution is 5.95. The number of carbonyl (C=O) groups excluding carboxylic acids is 2. The molecule has 2 amide bonds. The van der Waals surface area contributed by atoms with Crippen LogP contribution in [0.25, 0.3) is 0 Å². The molecule has 1 saturated carbocycles. The van der Waals surface area contributed by atoms with E-state index in [2.05, 4.69) is 5.32 Å². The van der Waals surface area contributed by atoms with Gasteiger partial charge in [-0.3, -0.25) is 9.59 Å². The van der Waals surface area contributed by atoms with E-state index >= 15 is 0 Å². The number of amides is 2. The molecule has 1 heterocycles. The first-order chi connectivity index (χ1) is 15.4. The van der Waals surface area contributed by atoms with E-state index < -0.39 is 11.5 Å². The van der Waals surface area contributed by atoms with Crippen molar-refractivity contribution in [3.05, 3.63) is 65.5 Å². The molecule has 2 fully saturated rings. The van der Waals surface area contributed by atoms with Gasteiger partial charge >= 0.3 is 0 Å². The summed E-state index contributed by atoms with van der Waals surface area (Å²) in [4.78, 5) is 28.5. The molecule has 4 rings (SSSR count). The van der Waals surface area contributed by atoms with Gasteiger partial charge in [0.05, 0.1) is 12.5 Å². The fourth-order valence-electron chi connectivity index (χ4n) is 4.37. The third-order valence-electron chi connectivity index (χ3n) is 6.64. The van der Waals surface area contributed by atoms with Crippen LogP contribution in [-0.4, -0.2) is 49.0 Å². The van der Waals surface area contributed by atoms with E-state index in [1.165, 1.54) is 12.1 Å². The van der Waals surface area contributed by atoms with E-state index in [-0.39, 0.29) is 23.7 Å². The van der Waals surface area contributed by atoms with Crippen molar-refractivity contribution in [2.75, 3.05) is 20.2 Å². The molecule has 3 N–H and O–H groups in total. The van der Waals surface area contributed by atoms with Crippen molar-refractivity contribution in [3.8, 4) is 5.75 Å². The molecule has 32 heavy (non-hydrogen) atoms. The van der Waals surface area contributed by atoms with Crippen LogP contribution in [0.4, 0.5) is 4.39 Å². The van der Waals surface area contributed by atoms with Gasteiger partial charge in [-0.15, -0.1) is 0 Å². The van der Waals surface area contributed by atoms with Gasteiger partial charge in [-0.1, -0.05) is 24.3 Å². The molecule has 0 bridgehead atoms. The Bertz CT molecular complexity index is 949. The molecule has 0 aromatic heterocycles. The molecule has 0 spiro atoms. The van der Waals surface area contributed by atoms with Crippen molar-refractivity contribution in [2.45, 2.75) is 49.6 Å². The van der Waals surface area contributed by atoms with E-state index in [1.807, 2.05) is 24.3 Å². The predicted molar refractivity (Wildman–Crippen MR) is 120 cm³/mol. The summed E-state index contributed by atoms with van der Waals surface area (Å²) in [7, 11) is 1.60. The Kier molecular flexibility index (Phi) is 6.46. The number of hydrogen-bond donors (Lipinski definition) is 2.